The number of aliphatic carboxylic acids is 1. The SMILES string of the molecule is CC(C(=O)O)C(C)c1nc2c(S(C)(=O)=O)cccc2[nH]1. The van der Waals surface area contributed by atoms with E-state index in [1.165, 1.54) is 6.07 Å². The largest absolute Gasteiger partial charge is 0.481 e. The quantitative estimate of drug-likeness (QED) is 0.896. The molecule has 0 aliphatic rings. The summed E-state index contributed by atoms with van der Waals surface area (Å²) in [7, 11) is -3.38. The predicted molar refractivity (Wildman–Crippen MR) is 74.4 cm³/mol. The highest BCUT2D eigenvalue weighted by molar-refractivity contribution is 7.91. The van der Waals surface area contributed by atoms with Gasteiger partial charge in [-0.2, -0.15) is 0 Å². The lowest BCUT2D eigenvalue weighted by molar-refractivity contribution is -0.141. The Hall–Kier alpha value is -1.89. The molecule has 20 heavy (non-hydrogen) atoms. The number of aromatic amines is 1. The number of rotatable bonds is 4. The Morgan fingerprint density at radius 1 is 1.35 bits per heavy atom. The number of hydrogen-bond acceptors (Lipinski definition) is 4. The van der Waals surface area contributed by atoms with E-state index in [4.69, 9.17) is 5.11 Å². The second-order valence-electron chi connectivity index (χ2n) is 4.96. The molecule has 0 fully saturated rings. The van der Waals surface area contributed by atoms with E-state index in [0.29, 0.717) is 16.9 Å². The first kappa shape index (κ1) is 14.5. The van der Waals surface area contributed by atoms with E-state index in [0.717, 1.165) is 6.26 Å². The van der Waals surface area contributed by atoms with Crippen LogP contribution in [0.15, 0.2) is 23.1 Å². The first-order valence-electron chi connectivity index (χ1n) is 6.13. The van der Waals surface area contributed by atoms with Gasteiger partial charge in [0.1, 0.15) is 11.3 Å². The summed E-state index contributed by atoms with van der Waals surface area (Å²) in [4.78, 5) is 18.5. The molecule has 108 valence electrons. The predicted octanol–water partition coefficient (Wildman–Crippen LogP) is 1.79. The molecule has 2 unspecified atom stereocenters. The molecule has 0 saturated heterocycles. The first-order chi connectivity index (χ1) is 9.21. The van der Waals surface area contributed by atoms with E-state index in [1.807, 2.05) is 0 Å². The van der Waals surface area contributed by atoms with Crippen LogP contribution in [0.2, 0.25) is 0 Å². The summed E-state index contributed by atoms with van der Waals surface area (Å²) >= 11 is 0. The van der Waals surface area contributed by atoms with Gasteiger partial charge in [0.15, 0.2) is 9.84 Å². The number of nitrogens with zero attached hydrogens (tertiary/aromatic N) is 1. The van der Waals surface area contributed by atoms with Crippen LogP contribution in [0.4, 0.5) is 0 Å². The van der Waals surface area contributed by atoms with Crippen molar-refractivity contribution in [3.05, 3.63) is 24.0 Å². The van der Waals surface area contributed by atoms with E-state index in [-0.39, 0.29) is 10.8 Å². The number of carboxylic acids is 1. The maximum Gasteiger partial charge on any atom is 0.306 e. The van der Waals surface area contributed by atoms with E-state index >= 15 is 0 Å². The number of hydrogen-bond donors (Lipinski definition) is 2. The maximum absolute atomic E-state index is 11.7. The standard InChI is InChI=1S/C13H16N2O4S/c1-7(8(2)13(16)17)12-14-9-5-4-6-10(11(9)15-12)20(3,18)19/h4-8H,1-3H3,(H,14,15)(H,16,17). The molecule has 2 rings (SSSR count). The Morgan fingerprint density at radius 2 is 2.00 bits per heavy atom. The average Bonchev–Trinajstić information content (AvgIpc) is 2.78. The van der Waals surface area contributed by atoms with Crippen LogP contribution in [-0.2, 0) is 14.6 Å². The maximum atomic E-state index is 11.7. The van der Waals surface area contributed by atoms with Gasteiger partial charge >= 0.3 is 5.97 Å². The molecule has 0 spiro atoms. The van der Waals surface area contributed by atoms with Crippen molar-refractivity contribution in [3.63, 3.8) is 0 Å². The monoisotopic (exact) mass is 296 g/mol. The molecule has 0 bridgehead atoms. The zero-order chi connectivity index (χ0) is 15.1. The molecule has 0 saturated carbocycles. The summed E-state index contributed by atoms with van der Waals surface area (Å²) in [6, 6.07) is 4.85. The topological polar surface area (TPSA) is 100 Å². The molecule has 0 radical (unpaired) electrons. The smallest absolute Gasteiger partial charge is 0.306 e. The molecule has 1 heterocycles. The van der Waals surface area contributed by atoms with Gasteiger partial charge in [-0.3, -0.25) is 4.79 Å². The van der Waals surface area contributed by atoms with E-state index in [1.54, 1.807) is 26.0 Å². The molecule has 6 nitrogen and oxygen atoms in total. The third kappa shape index (κ3) is 2.53. The fraction of sp³-hybridized carbons (Fsp3) is 0.385. The molecule has 2 N–H and O–H groups in total. The third-order valence-electron chi connectivity index (χ3n) is 3.46. The summed E-state index contributed by atoms with van der Waals surface area (Å²) in [5.74, 6) is -1.39. The van der Waals surface area contributed by atoms with Crippen LogP contribution < -0.4 is 0 Å². The van der Waals surface area contributed by atoms with Crippen LogP contribution in [0.5, 0.6) is 0 Å². The van der Waals surface area contributed by atoms with Crippen LogP contribution in [0.3, 0.4) is 0 Å². The van der Waals surface area contributed by atoms with Crippen LogP contribution in [0.1, 0.15) is 25.6 Å². The minimum atomic E-state index is -3.38. The normalized spacial score (nSPS) is 15.2. The number of fused-ring (bicyclic) bond motifs is 1. The van der Waals surface area contributed by atoms with Crippen molar-refractivity contribution in [3.8, 4) is 0 Å². The van der Waals surface area contributed by atoms with Crippen molar-refractivity contribution in [1.82, 2.24) is 9.97 Å². The van der Waals surface area contributed by atoms with Crippen molar-refractivity contribution < 1.29 is 18.3 Å². The van der Waals surface area contributed by atoms with Crippen LogP contribution in [-0.4, -0.2) is 35.7 Å². The molecule has 1 aromatic carbocycles. The third-order valence-corrected chi connectivity index (χ3v) is 4.59. The number of imidazole rings is 1. The number of benzene rings is 1. The van der Waals surface area contributed by atoms with Gasteiger partial charge < -0.3 is 10.1 Å². The van der Waals surface area contributed by atoms with Gasteiger partial charge in [0.05, 0.1) is 16.3 Å². The number of nitrogens with one attached hydrogen (secondary N) is 1. The number of carboxylic acid groups (broad SMARTS) is 1. The van der Waals surface area contributed by atoms with E-state index in [9.17, 15) is 13.2 Å². The van der Waals surface area contributed by atoms with Crippen LogP contribution >= 0.6 is 0 Å². The minimum Gasteiger partial charge on any atom is -0.481 e. The summed E-state index contributed by atoms with van der Waals surface area (Å²) in [6.07, 6.45) is 1.12. The number of para-hydroxylation sites is 1. The van der Waals surface area contributed by atoms with Crippen LogP contribution in [0.25, 0.3) is 11.0 Å². The van der Waals surface area contributed by atoms with E-state index in [2.05, 4.69) is 9.97 Å². The Labute approximate surface area is 116 Å². The highest BCUT2D eigenvalue weighted by Crippen LogP contribution is 2.27. The Bertz CT molecular complexity index is 764. The van der Waals surface area contributed by atoms with Gasteiger partial charge in [-0.1, -0.05) is 19.9 Å². The highest BCUT2D eigenvalue weighted by atomic mass is 32.2. The molecule has 2 aromatic rings. The van der Waals surface area contributed by atoms with Crippen molar-refractivity contribution in [2.45, 2.75) is 24.7 Å². The summed E-state index contributed by atoms with van der Waals surface area (Å²) in [6.45, 7) is 3.34. The second kappa shape index (κ2) is 4.90. The Balaban J connectivity index is 2.58. The van der Waals surface area contributed by atoms with Gasteiger partial charge in [0, 0.05) is 12.2 Å². The summed E-state index contributed by atoms with van der Waals surface area (Å²) in [5.41, 5.74) is 0.946. The lowest BCUT2D eigenvalue weighted by Crippen LogP contribution is -2.17. The zero-order valence-corrected chi connectivity index (χ0v) is 12.2. The van der Waals surface area contributed by atoms with Gasteiger partial charge in [0.2, 0.25) is 0 Å². The first-order valence-corrected chi connectivity index (χ1v) is 8.02. The zero-order valence-electron chi connectivity index (χ0n) is 11.4. The molecular weight excluding hydrogens is 280 g/mol. The molecular formula is C13H16N2O4S. The van der Waals surface area contributed by atoms with Gasteiger partial charge in [-0.25, -0.2) is 13.4 Å². The van der Waals surface area contributed by atoms with Gasteiger partial charge in [-0.05, 0) is 12.1 Å². The molecule has 0 aliphatic carbocycles. The molecule has 7 heteroatoms. The van der Waals surface area contributed by atoms with Crippen molar-refractivity contribution in [2.75, 3.05) is 6.26 Å². The van der Waals surface area contributed by atoms with Crippen LogP contribution in [0, 0.1) is 5.92 Å². The lowest BCUT2D eigenvalue weighted by atomic mass is 9.96. The van der Waals surface area contributed by atoms with E-state index < -0.39 is 21.7 Å². The Morgan fingerprint density at radius 3 is 2.55 bits per heavy atom. The number of carbonyl (C=O) groups is 1. The minimum absolute atomic E-state index is 0.146. The van der Waals surface area contributed by atoms with Crippen molar-refractivity contribution >= 4 is 26.8 Å². The highest BCUT2D eigenvalue weighted by Gasteiger charge is 2.24. The molecule has 0 amide bonds. The number of aromatic nitrogens is 2. The van der Waals surface area contributed by atoms with Crippen molar-refractivity contribution in [2.24, 2.45) is 5.92 Å². The van der Waals surface area contributed by atoms with Gasteiger partial charge in [-0.15, -0.1) is 0 Å². The summed E-state index contributed by atoms with van der Waals surface area (Å²) < 4.78 is 23.4. The fourth-order valence-electron chi connectivity index (χ4n) is 1.99. The second-order valence-corrected chi connectivity index (χ2v) is 6.95. The Kier molecular flexibility index (Phi) is 3.56. The van der Waals surface area contributed by atoms with Gasteiger partial charge in [0.25, 0.3) is 0 Å². The lowest BCUT2D eigenvalue weighted by Gasteiger charge is -2.12. The molecule has 0 aliphatic heterocycles. The molecule has 2 atom stereocenters. The average molecular weight is 296 g/mol. The summed E-state index contributed by atoms with van der Waals surface area (Å²) in [5, 5.41) is 9.03. The fourth-order valence-corrected chi connectivity index (χ4v) is 2.82. The number of H-pyrrole nitrogens is 1. The van der Waals surface area contributed by atoms with Crippen molar-refractivity contribution in [1.29, 1.82) is 0 Å². The number of sulfone groups is 1. The molecule has 1 aromatic heterocycles.